The summed E-state index contributed by atoms with van der Waals surface area (Å²) in [5, 5.41) is 11.7. The van der Waals surface area contributed by atoms with Gasteiger partial charge in [-0.25, -0.2) is 8.42 Å². The van der Waals surface area contributed by atoms with E-state index in [0.717, 1.165) is 19.5 Å². The lowest BCUT2D eigenvalue weighted by molar-refractivity contribution is -0.137. The van der Waals surface area contributed by atoms with Gasteiger partial charge in [-0.15, -0.1) is 0 Å². The van der Waals surface area contributed by atoms with E-state index < -0.39 is 16.0 Å². The molecule has 0 saturated carbocycles. The molecule has 2 aliphatic rings. The number of hydrogen-bond donors (Lipinski definition) is 2. The zero-order valence-corrected chi connectivity index (χ0v) is 10.4. The van der Waals surface area contributed by atoms with Crippen LogP contribution in [0.15, 0.2) is 0 Å². The van der Waals surface area contributed by atoms with Crippen LogP contribution >= 0.6 is 0 Å². The van der Waals surface area contributed by atoms with E-state index in [1.165, 1.54) is 0 Å². The summed E-state index contributed by atoms with van der Waals surface area (Å²) in [5.74, 6) is -0.561. The molecule has 98 valence electrons. The Morgan fingerprint density at radius 2 is 2.18 bits per heavy atom. The number of fused-ring (bicyclic) bond motifs is 1. The molecule has 0 aliphatic carbocycles. The Labute approximate surface area is 101 Å². The van der Waals surface area contributed by atoms with E-state index >= 15 is 0 Å². The van der Waals surface area contributed by atoms with Crippen molar-refractivity contribution >= 4 is 16.0 Å². The Morgan fingerprint density at radius 1 is 1.41 bits per heavy atom. The highest BCUT2D eigenvalue weighted by molar-refractivity contribution is 7.89. The van der Waals surface area contributed by atoms with Crippen LogP contribution in [0.3, 0.4) is 0 Å². The molecule has 2 fully saturated rings. The highest BCUT2D eigenvalue weighted by Gasteiger charge is 2.42. The van der Waals surface area contributed by atoms with Crippen LogP contribution in [-0.4, -0.2) is 55.2 Å². The van der Waals surface area contributed by atoms with Crippen LogP contribution in [0.1, 0.15) is 19.3 Å². The third-order valence-corrected chi connectivity index (χ3v) is 5.52. The van der Waals surface area contributed by atoms with Crippen LogP contribution in [0.2, 0.25) is 0 Å². The van der Waals surface area contributed by atoms with Crippen molar-refractivity contribution in [2.45, 2.75) is 25.3 Å². The van der Waals surface area contributed by atoms with Crippen molar-refractivity contribution < 1.29 is 18.3 Å². The summed E-state index contributed by atoms with van der Waals surface area (Å²) in [6.07, 6.45) is 1.02. The summed E-state index contributed by atoms with van der Waals surface area (Å²) in [6.45, 7) is 2.21. The molecule has 2 heterocycles. The molecule has 0 radical (unpaired) electrons. The van der Waals surface area contributed by atoms with Crippen molar-refractivity contribution in [3.63, 3.8) is 0 Å². The average molecular weight is 262 g/mol. The largest absolute Gasteiger partial charge is 0.481 e. The lowest BCUT2D eigenvalue weighted by Crippen LogP contribution is -2.40. The van der Waals surface area contributed by atoms with Crippen molar-refractivity contribution in [3.05, 3.63) is 0 Å². The zero-order valence-electron chi connectivity index (χ0n) is 9.63. The molecule has 7 heteroatoms. The third-order valence-electron chi connectivity index (χ3n) is 3.54. The van der Waals surface area contributed by atoms with Gasteiger partial charge in [-0.2, -0.15) is 4.31 Å². The summed E-state index contributed by atoms with van der Waals surface area (Å²) in [5.41, 5.74) is 0. The van der Waals surface area contributed by atoms with Crippen LogP contribution < -0.4 is 5.32 Å². The van der Waals surface area contributed by atoms with E-state index in [2.05, 4.69) is 5.32 Å². The zero-order chi connectivity index (χ0) is 12.5. The van der Waals surface area contributed by atoms with Crippen molar-refractivity contribution in [1.82, 2.24) is 9.62 Å². The van der Waals surface area contributed by atoms with Crippen LogP contribution in [0, 0.1) is 5.92 Å². The molecule has 0 aromatic carbocycles. The van der Waals surface area contributed by atoms with Gasteiger partial charge < -0.3 is 10.4 Å². The van der Waals surface area contributed by atoms with E-state index in [0.29, 0.717) is 12.5 Å². The number of nitrogens with one attached hydrogen (secondary N) is 1. The first kappa shape index (κ1) is 12.8. The minimum absolute atomic E-state index is 0.0531. The van der Waals surface area contributed by atoms with Crippen molar-refractivity contribution in [2.24, 2.45) is 5.92 Å². The minimum atomic E-state index is -3.28. The Bertz CT molecular complexity index is 395. The van der Waals surface area contributed by atoms with Gasteiger partial charge in [-0.1, -0.05) is 0 Å². The summed E-state index contributed by atoms with van der Waals surface area (Å²) >= 11 is 0. The van der Waals surface area contributed by atoms with Crippen LogP contribution in [0.4, 0.5) is 0 Å². The molecular weight excluding hydrogens is 244 g/mol. The second-order valence-corrected chi connectivity index (χ2v) is 6.74. The number of carboxylic acids is 1. The number of hydrogen-bond acceptors (Lipinski definition) is 4. The van der Waals surface area contributed by atoms with E-state index in [4.69, 9.17) is 5.11 Å². The molecule has 0 aromatic heterocycles. The Kier molecular flexibility index (Phi) is 3.70. The standard InChI is InChI=1S/C10H18N2O4S/c13-10(14)2-1-5-17(15,16)12-4-3-8-6-11-7-9(8)12/h8-9,11H,1-7H2,(H,13,14)/t8-,9+/m0/s1. The number of rotatable bonds is 5. The van der Waals surface area contributed by atoms with Gasteiger partial charge in [0, 0.05) is 25.6 Å². The second kappa shape index (κ2) is 4.91. The Morgan fingerprint density at radius 3 is 2.88 bits per heavy atom. The fourth-order valence-corrected chi connectivity index (χ4v) is 4.46. The molecule has 0 amide bonds. The highest BCUT2D eigenvalue weighted by atomic mass is 32.2. The normalized spacial score (nSPS) is 29.4. The molecule has 2 N–H and O–H groups in total. The van der Waals surface area contributed by atoms with Crippen molar-refractivity contribution in [2.75, 3.05) is 25.4 Å². The number of carboxylic acid groups (broad SMARTS) is 1. The highest BCUT2D eigenvalue weighted by Crippen LogP contribution is 2.29. The van der Waals surface area contributed by atoms with Gasteiger partial charge in [0.05, 0.1) is 5.75 Å². The Hall–Kier alpha value is -0.660. The minimum Gasteiger partial charge on any atom is -0.481 e. The van der Waals surface area contributed by atoms with Crippen LogP contribution in [0.25, 0.3) is 0 Å². The van der Waals surface area contributed by atoms with Gasteiger partial charge >= 0.3 is 5.97 Å². The molecule has 0 spiro atoms. The van der Waals surface area contributed by atoms with Gasteiger partial charge in [-0.3, -0.25) is 4.79 Å². The molecule has 0 bridgehead atoms. The number of nitrogens with zero attached hydrogens (tertiary/aromatic N) is 1. The molecule has 2 aliphatic heterocycles. The van der Waals surface area contributed by atoms with Gasteiger partial charge in [0.25, 0.3) is 0 Å². The van der Waals surface area contributed by atoms with Crippen LogP contribution in [0.5, 0.6) is 0 Å². The second-order valence-electron chi connectivity index (χ2n) is 4.70. The van der Waals surface area contributed by atoms with E-state index in [-0.39, 0.29) is 24.6 Å². The maximum Gasteiger partial charge on any atom is 0.303 e. The predicted octanol–water partition coefficient (Wildman–Crippen LogP) is -0.525. The number of aliphatic carboxylic acids is 1. The fraction of sp³-hybridized carbons (Fsp3) is 0.900. The molecule has 2 atom stereocenters. The maximum absolute atomic E-state index is 12.1. The van der Waals surface area contributed by atoms with E-state index in [1.807, 2.05) is 0 Å². The molecule has 17 heavy (non-hydrogen) atoms. The van der Waals surface area contributed by atoms with Gasteiger partial charge in [0.1, 0.15) is 0 Å². The fourth-order valence-electron chi connectivity index (χ4n) is 2.68. The van der Waals surface area contributed by atoms with Crippen LogP contribution in [-0.2, 0) is 14.8 Å². The third kappa shape index (κ3) is 2.78. The first-order valence-electron chi connectivity index (χ1n) is 5.93. The average Bonchev–Trinajstić information content (AvgIpc) is 2.75. The molecule has 6 nitrogen and oxygen atoms in total. The molecule has 2 rings (SSSR count). The lowest BCUT2D eigenvalue weighted by atomic mass is 10.1. The quantitative estimate of drug-likeness (QED) is 0.696. The van der Waals surface area contributed by atoms with E-state index in [9.17, 15) is 13.2 Å². The summed E-state index contributed by atoms with van der Waals surface area (Å²) in [4.78, 5) is 10.4. The van der Waals surface area contributed by atoms with E-state index in [1.54, 1.807) is 4.31 Å². The molecule has 2 saturated heterocycles. The van der Waals surface area contributed by atoms with Gasteiger partial charge in [-0.05, 0) is 25.3 Å². The monoisotopic (exact) mass is 262 g/mol. The van der Waals surface area contributed by atoms with Gasteiger partial charge in [0.15, 0.2) is 0 Å². The predicted molar refractivity (Wildman–Crippen MR) is 62.1 cm³/mol. The summed E-state index contributed by atoms with van der Waals surface area (Å²) in [6, 6.07) is 0.0878. The smallest absolute Gasteiger partial charge is 0.303 e. The first-order valence-corrected chi connectivity index (χ1v) is 7.53. The molecule has 0 unspecified atom stereocenters. The van der Waals surface area contributed by atoms with Crippen molar-refractivity contribution in [3.8, 4) is 0 Å². The lowest BCUT2D eigenvalue weighted by Gasteiger charge is -2.22. The maximum atomic E-state index is 12.1. The van der Waals surface area contributed by atoms with Gasteiger partial charge in [0.2, 0.25) is 10.0 Å². The number of carbonyl (C=O) groups is 1. The first-order chi connectivity index (χ1) is 8.00. The summed E-state index contributed by atoms with van der Waals surface area (Å²) < 4.78 is 25.7. The molecule has 0 aromatic rings. The molecular formula is C10H18N2O4S. The SMILES string of the molecule is O=C(O)CCCS(=O)(=O)N1CC[C@H]2CNC[C@H]21. The number of sulfonamides is 1. The Balaban J connectivity index is 1.93. The van der Waals surface area contributed by atoms with Crippen molar-refractivity contribution in [1.29, 1.82) is 0 Å². The summed E-state index contributed by atoms with van der Waals surface area (Å²) in [7, 11) is -3.28. The topological polar surface area (TPSA) is 86.7 Å².